The normalized spacial score (nSPS) is 18.5. The van der Waals surface area contributed by atoms with Crippen LogP contribution in [0.3, 0.4) is 0 Å². The summed E-state index contributed by atoms with van der Waals surface area (Å²) in [5.41, 5.74) is 0. The highest BCUT2D eigenvalue weighted by Crippen LogP contribution is 2.13. The molecule has 0 spiro atoms. The lowest BCUT2D eigenvalue weighted by atomic mass is 10.4. The molecule has 16 heavy (non-hydrogen) atoms. The molecule has 0 unspecified atom stereocenters. The summed E-state index contributed by atoms with van der Waals surface area (Å²) in [6.07, 6.45) is 0. The van der Waals surface area contributed by atoms with Crippen molar-refractivity contribution in [1.82, 2.24) is 5.06 Å². The standard InChI is InChI=1S/C10H13NO4S/c12-16(13,10-4-2-1-3-5-10)15-11-6-8-14-9-7-11/h1-5H,6-9H2. The number of hydrogen-bond donors (Lipinski definition) is 0. The van der Waals surface area contributed by atoms with Gasteiger partial charge in [0.05, 0.1) is 18.1 Å². The number of benzene rings is 1. The molecule has 6 heteroatoms. The Morgan fingerprint density at radius 2 is 1.75 bits per heavy atom. The van der Waals surface area contributed by atoms with E-state index in [1.165, 1.54) is 17.2 Å². The first-order chi connectivity index (χ1) is 7.68. The van der Waals surface area contributed by atoms with Crippen molar-refractivity contribution >= 4 is 10.1 Å². The molecular weight excluding hydrogens is 230 g/mol. The lowest BCUT2D eigenvalue weighted by molar-refractivity contribution is -0.113. The average molecular weight is 243 g/mol. The lowest BCUT2D eigenvalue weighted by Crippen LogP contribution is -2.37. The van der Waals surface area contributed by atoms with Crippen LogP contribution in [-0.2, 0) is 19.1 Å². The van der Waals surface area contributed by atoms with E-state index in [2.05, 4.69) is 0 Å². The minimum atomic E-state index is -3.69. The first-order valence-electron chi connectivity index (χ1n) is 5.01. The zero-order valence-corrected chi connectivity index (χ0v) is 9.52. The predicted molar refractivity (Wildman–Crippen MR) is 57.1 cm³/mol. The van der Waals surface area contributed by atoms with Crippen LogP contribution in [0.4, 0.5) is 0 Å². The first kappa shape index (κ1) is 11.5. The number of hydrogen-bond acceptors (Lipinski definition) is 5. The number of hydroxylamine groups is 2. The molecule has 1 aliphatic rings. The van der Waals surface area contributed by atoms with Crippen molar-refractivity contribution < 1.29 is 17.4 Å². The number of rotatable bonds is 3. The maximum absolute atomic E-state index is 11.8. The molecule has 1 fully saturated rings. The molecule has 1 aliphatic heterocycles. The molecule has 0 atom stereocenters. The molecule has 1 saturated heterocycles. The molecule has 0 amide bonds. The highest BCUT2D eigenvalue weighted by molar-refractivity contribution is 7.86. The van der Waals surface area contributed by atoms with Crippen LogP contribution >= 0.6 is 0 Å². The van der Waals surface area contributed by atoms with Crippen molar-refractivity contribution in [3.8, 4) is 0 Å². The molecule has 2 rings (SSSR count). The van der Waals surface area contributed by atoms with Crippen LogP contribution in [0.25, 0.3) is 0 Å². The van der Waals surface area contributed by atoms with Crippen LogP contribution in [-0.4, -0.2) is 39.8 Å². The van der Waals surface area contributed by atoms with E-state index in [1.807, 2.05) is 0 Å². The zero-order chi connectivity index (χ0) is 11.4. The van der Waals surface area contributed by atoms with Gasteiger partial charge in [-0.2, -0.15) is 17.8 Å². The topological polar surface area (TPSA) is 55.8 Å². The maximum Gasteiger partial charge on any atom is 0.313 e. The van der Waals surface area contributed by atoms with Gasteiger partial charge in [-0.05, 0) is 12.1 Å². The fourth-order valence-electron chi connectivity index (χ4n) is 1.39. The van der Waals surface area contributed by atoms with Gasteiger partial charge in [0.15, 0.2) is 0 Å². The van der Waals surface area contributed by atoms with Gasteiger partial charge in [-0.1, -0.05) is 18.2 Å². The third kappa shape index (κ3) is 2.79. The van der Waals surface area contributed by atoms with E-state index in [0.717, 1.165) is 0 Å². The maximum atomic E-state index is 11.8. The molecule has 88 valence electrons. The van der Waals surface area contributed by atoms with Gasteiger partial charge in [-0.3, -0.25) is 0 Å². The minimum absolute atomic E-state index is 0.168. The van der Waals surface area contributed by atoms with E-state index >= 15 is 0 Å². The lowest BCUT2D eigenvalue weighted by Gasteiger charge is -2.24. The van der Waals surface area contributed by atoms with Crippen LogP contribution in [0, 0.1) is 0 Å². The van der Waals surface area contributed by atoms with E-state index in [-0.39, 0.29) is 4.90 Å². The highest BCUT2D eigenvalue weighted by atomic mass is 32.2. The summed E-state index contributed by atoms with van der Waals surface area (Å²) in [7, 11) is -3.69. The van der Waals surface area contributed by atoms with Crippen molar-refractivity contribution in [3.63, 3.8) is 0 Å². The van der Waals surface area contributed by atoms with Gasteiger partial charge in [0.2, 0.25) is 0 Å². The third-order valence-electron chi connectivity index (χ3n) is 2.21. The van der Waals surface area contributed by atoms with Gasteiger partial charge in [-0.15, -0.1) is 0 Å². The van der Waals surface area contributed by atoms with Crippen LogP contribution in [0.5, 0.6) is 0 Å². The molecule has 5 nitrogen and oxygen atoms in total. The molecule has 0 N–H and O–H groups in total. The van der Waals surface area contributed by atoms with Gasteiger partial charge in [-0.25, -0.2) is 0 Å². The van der Waals surface area contributed by atoms with Gasteiger partial charge in [0, 0.05) is 13.1 Å². The smallest absolute Gasteiger partial charge is 0.313 e. The Bertz CT molecular complexity index is 425. The molecular formula is C10H13NO4S. The summed E-state index contributed by atoms with van der Waals surface area (Å²) >= 11 is 0. The summed E-state index contributed by atoms with van der Waals surface area (Å²) < 4.78 is 33.7. The Balaban J connectivity index is 2.08. The SMILES string of the molecule is O=S(=O)(ON1CCOCC1)c1ccccc1. The van der Waals surface area contributed by atoms with E-state index in [4.69, 9.17) is 9.02 Å². The van der Waals surface area contributed by atoms with Crippen LogP contribution in [0.1, 0.15) is 0 Å². The molecule has 0 saturated carbocycles. The van der Waals surface area contributed by atoms with Crippen molar-refractivity contribution in [2.45, 2.75) is 4.90 Å². The third-order valence-corrected chi connectivity index (χ3v) is 3.46. The molecule has 0 radical (unpaired) electrons. The first-order valence-corrected chi connectivity index (χ1v) is 6.42. The Labute approximate surface area is 94.7 Å². The van der Waals surface area contributed by atoms with Crippen molar-refractivity contribution in [2.24, 2.45) is 0 Å². The Kier molecular flexibility index (Phi) is 3.55. The second-order valence-electron chi connectivity index (χ2n) is 3.38. The molecule has 0 bridgehead atoms. The summed E-state index contributed by atoms with van der Waals surface area (Å²) in [5.74, 6) is 0. The molecule has 1 aromatic carbocycles. The fraction of sp³-hybridized carbons (Fsp3) is 0.400. The molecule has 1 aromatic rings. The Morgan fingerprint density at radius 1 is 1.12 bits per heavy atom. The van der Waals surface area contributed by atoms with Gasteiger partial charge < -0.3 is 4.74 Å². The minimum Gasteiger partial charge on any atom is -0.379 e. The summed E-state index contributed by atoms with van der Waals surface area (Å²) in [6, 6.07) is 8.10. The van der Waals surface area contributed by atoms with Crippen LogP contribution in [0.2, 0.25) is 0 Å². The molecule has 0 aliphatic carbocycles. The number of morpholine rings is 1. The molecule has 0 aromatic heterocycles. The summed E-state index contributed by atoms with van der Waals surface area (Å²) in [6.45, 7) is 1.91. The average Bonchev–Trinajstić information content (AvgIpc) is 2.31. The summed E-state index contributed by atoms with van der Waals surface area (Å²) in [4.78, 5) is 0.168. The van der Waals surface area contributed by atoms with Crippen molar-refractivity contribution in [2.75, 3.05) is 26.3 Å². The Morgan fingerprint density at radius 3 is 2.38 bits per heavy atom. The van der Waals surface area contributed by atoms with E-state index < -0.39 is 10.1 Å². The molecule has 1 heterocycles. The largest absolute Gasteiger partial charge is 0.379 e. The van der Waals surface area contributed by atoms with Crippen LogP contribution < -0.4 is 0 Å². The van der Waals surface area contributed by atoms with Crippen LogP contribution in [0.15, 0.2) is 35.2 Å². The van der Waals surface area contributed by atoms with E-state index in [1.54, 1.807) is 18.2 Å². The van der Waals surface area contributed by atoms with Crippen molar-refractivity contribution in [3.05, 3.63) is 30.3 Å². The van der Waals surface area contributed by atoms with Crippen molar-refractivity contribution in [1.29, 1.82) is 0 Å². The van der Waals surface area contributed by atoms with Gasteiger partial charge >= 0.3 is 10.1 Å². The fourth-order valence-corrected chi connectivity index (χ4v) is 2.39. The highest BCUT2D eigenvalue weighted by Gasteiger charge is 2.21. The summed E-state index contributed by atoms with van der Waals surface area (Å²) in [5, 5.41) is 1.41. The van der Waals surface area contributed by atoms with E-state index in [0.29, 0.717) is 26.3 Å². The quantitative estimate of drug-likeness (QED) is 0.779. The predicted octanol–water partition coefficient (Wildman–Crippen LogP) is 0.639. The second kappa shape index (κ2) is 4.92. The van der Waals surface area contributed by atoms with E-state index in [9.17, 15) is 8.42 Å². The van der Waals surface area contributed by atoms with Gasteiger partial charge in [0.1, 0.15) is 0 Å². The second-order valence-corrected chi connectivity index (χ2v) is 4.91. The van der Waals surface area contributed by atoms with Gasteiger partial charge in [0.25, 0.3) is 0 Å². The zero-order valence-electron chi connectivity index (χ0n) is 8.70. The monoisotopic (exact) mass is 243 g/mol. The number of nitrogens with zero attached hydrogens (tertiary/aromatic N) is 1. The number of ether oxygens (including phenoxy) is 1. The Hall–Kier alpha value is -0.950.